The van der Waals surface area contributed by atoms with E-state index in [9.17, 15) is 23.2 Å². The number of halogens is 2. The van der Waals surface area contributed by atoms with Crippen molar-refractivity contribution in [3.63, 3.8) is 0 Å². The molecule has 2 aromatic carbocycles. The number of anilines is 1. The number of thioether (sulfide) groups is 1. The van der Waals surface area contributed by atoms with Crippen molar-refractivity contribution in [1.29, 1.82) is 0 Å². The van der Waals surface area contributed by atoms with Crippen LogP contribution in [0, 0.1) is 11.6 Å². The van der Waals surface area contributed by atoms with Crippen LogP contribution in [0.1, 0.15) is 10.4 Å². The van der Waals surface area contributed by atoms with Crippen molar-refractivity contribution in [2.75, 3.05) is 18.2 Å². The average molecular weight is 471 g/mol. The lowest BCUT2D eigenvalue weighted by atomic mass is 10.2. The summed E-state index contributed by atoms with van der Waals surface area (Å²) in [7, 11) is 1.23. The van der Waals surface area contributed by atoms with Crippen molar-refractivity contribution in [2.45, 2.75) is 5.16 Å². The first-order valence-corrected chi connectivity index (χ1v) is 10.4. The smallest absolute Gasteiger partial charge is 0.339 e. The van der Waals surface area contributed by atoms with Crippen molar-refractivity contribution in [2.24, 2.45) is 0 Å². The molecule has 0 spiro atoms. The normalized spacial score (nSPS) is 10.9. The number of H-pyrrole nitrogens is 1. The zero-order valence-electron chi connectivity index (χ0n) is 17.0. The van der Waals surface area contributed by atoms with Gasteiger partial charge in [-0.3, -0.25) is 19.3 Å². The van der Waals surface area contributed by atoms with Gasteiger partial charge in [0, 0.05) is 6.07 Å². The molecule has 0 unspecified atom stereocenters. The number of aromatic nitrogens is 4. The number of amides is 1. The third kappa shape index (κ3) is 4.46. The molecule has 2 heterocycles. The van der Waals surface area contributed by atoms with Gasteiger partial charge in [0.25, 0.3) is 5.56 Å². The Hall–Kier alpha value is -4.06. The highest BCUT2D eigenvalue weighted by molar-refractivity contribution is 7.99. The van der Waals surface area contributed by atoms with E-state index in [4.69, 9.17) is 4.74 Å². The molecular formula is C21H15F2N5O4S. The van der Waals surface area contributed by atoms with Gasteiger partial charge in [0.1, 0.15) is 5.39 Å². The average Bonchev–Trinajstić information content (AvgIpc) is 3.29. The summed E-state index contributed by atoms with van der Waals surface area (Å²) < 4.78 is 33.0. The van der Waals surface area contributed by atoms with Gasteiger partial charge in [-0.1, -0.05) is 23.9 Å². The first-order valence-electron chi connectivity index (χ1n) is 9.40. The molecule has 0 saturated carbocycles. The number of esters is 1. The highest BCUT2D eigenvalue weighted by Crippen LogP contribution is 2.23. The number of aromatic amines is 1. The lowest BCUT2D eigenvalue weighted by Crippen LogP contribution is -2.23. The highest BCUT2D eigenvalue weighted by Gasteiger charge is 2.18. The number of ether oxygens (including phenoxy) is 1. The number of nitrogens with zero attached hydrogens (tertiary/aromatic N) is 3. The van der Waals surface area contributed by atoms with Crippen molar-refractivity contribution >= 4 is 40.4 Å². The number of hydrogen-bond acceptors (Lipinski definition) is 7. The zero-order chi connectivity index (χ0) is 23.5. The third-order valence-corrected chi connectivity index (χ3v) is 5.49. The summed E-state index contributed by atoms with van der Waals surface area (Å²) in [6.45, 7) is 0. The van der Waals surface area contributed by atoms with Crippen LogP contribution in [0.15, 0.2) is 58.6 Å². The van der Waals surface area contributed by atoms with Gasteiger partial charge in [0.15, 0.2) is 22.4 Å². The maximum absolute atomic E-state index is 13.8. The molecule has 2 aromatic heterocycles. The first kappa shape index (κ1) is 22.1. The summed E-state index contributed by atoms with van der Waals surface area (Å²) in [5, 5.41) is 9.18. The second-order valence-corrected chi connectivity index (χ2v) is 7.58. The largest absolute Gasteiger partial charge is 0.465 e. The number of methoxy groups -OCH3 is 1. The van der Waals surface area contributed by atoms with Crippen LogP contribution in [0.2, 0.25) is 0 Å². The van der Waals surface area contributed by atoms with Crippen LogP contribution in [-0.4, -0.2) is 44.5 Å². The highest BCUT2D eigenvalue weighted by atomic mass is 32.2. The second-order valence-electron chi connectivity index (χ2n) is 6.64. The lowest BCUT2D eigenvalue weighted by molar-refractivity contribution is -0.113. The minimum Gasteiger partial charge on any atom is -0.465 e. The number of hydrogen-bond donors (Lipinski definition) is 2. The standard InChI is InChI=1S/C21H15F2N5O4S/c1-32-20(31)12-4-2-3-5-16(12)25-17(29)10-33-21-26-18-13(9-24-27-18)19(30)28(21)11-6-7-14(22)15(23)8-11/h2-9H,10H2,1H3,(H,24,27)(H,25,29). The Bertz CT molecular complexity index is 1440. The fourth-order valence-corrected chi connectivity index (χ4v) is 3.82. The molecule has 168 valence electrons. The molecule has 0 atom stereocenters. The molecule has 0 radical (unpaired) electrons. The SMILES string of the molecule is COC(=O)c1ccccc1NC(=O)CSc1nc2[nH]ncc2c(=O)n1-c1ccc(F)c(F)c1. The Morgan fingerprint density at radius 3 is 2.73 bits per heavy atom. The molecular weight excluding hydrogens is 456 g/mol. The predicted molar refractivity (Wildman–Crippen MR) is 117 cm³/mol. The van der Waals surface area contributed by atoms with Gasteiger partial charge in [-0.25, -0.2) is 18.6 Å². The molecule has 0 aliphatic rings. The van der Waals surface area contributed by atoms with E-state index in [1.54, 1.807) is 18.2 Å². The summed E-state index contributed by atoms with van der Waals surface area (Å²) >= 11 is 0.891. The molecule has 9 nitrogen and oxygen atoms in total. The van der Waals surface area contributed by atoms with Crippen LogP contribution < -0.4 is 10.9 Å². The van der Waals surface area contributed by atoms with Crippen LogP contribution >= 0.6 is 11.8 Å². The lowest BCUT2D eigenvalue weighted by Gasteiger charge is -2.13. The molecule has 0 saturated heterocycles. The Labute approximate surface area is 188 Å². The number of carbonyl (C=O) groups is 2. The summed E-state index contributed by atoms with van der Waals surface area (Å²) in [4.78, 5) is 41.7. The van der Waals surface area contributed by atoms with Crippen LogP contribution in [0.4, 0.5) is 14.5 Å². The number of nitrogens with one attached hydrogen (secondary N) is 2. The summed E-state index contributed by atoms with van der Waals surface area (Å²) in [6, 6.07) is 9.29. The number of carbonyl (C=O) groups excluding carboxylic acids is 2. The van der Waals surface area contributed by atoms with E-state index in [1.807, 2.05) is 0 Å². The monoisotopic (exact) mass is 471 g/mol. The van der Waals surface area contributed by atoms with Crippen LogP contribution in [-0.2, 0) is 9.53 Å². The van der Waals surface area contributed by atoms with E-state index in [-0.39, 0.29) is 38.9 Å². The summed E-state index contributed by atoms with van der Waals surface area (Å²) in [5.41, 5.74) is 0.0731. The van der Waals surface area contributed by atoms with E-state index >= 15 is 0 Å². The number of rotatable bonds is 6. The molecule has 33 heavy (non-hydrogen) atoms. The molecule has 2 N–H and O–H groups in total. The fraction of sp³-hybridized carbons (Fsp3) is 0.0952. The Morgan fingerprint density at radius 2 is 1.97 bits per heavy atom. The Kier molecular flexibility index (Phi) is 6.18. The number of para-hydroxylation sites is 1. The van der Waals surface area contributed by atoms with Gasteiger partial charge >= 0.3 is 5.97 Å². The molecule has 0 fully saturated rings. The van der Waals surface area contributed by atoms with Crippen molar-refractivity contribution in [3.8, 4) is 5.69 Å². The maximum atomic E-state index is 13.8. The molecule has 0 aliphatic carbocycles. The minimum atomic E-state index is -1.14. The zero-order valence-corrected chi connectivity index (χ0v) is 17.8. The quantitative estimate of drug-likeness (QED) is 0.252. The van der Waals surface area contributed by atoms with E-state index < -0.39 is 29.1 Å². The van der Waals surface area contributed by atoms with Gasteiger partial charge in [-0.2, -0.15) is 5.10 Å². The Morgan fingerprint density at radius 1 is 1.18 bits per heavy atom. The van der Waals surface area contributed by atoms with Crippen LogP contribution in [0.3, 0.4) is 0 Å². The molecule has 1 amide bonds. The fourth-order valence-electron chi connectivity index (χ4n) is 3.02. The molecule has 0 aliphatic heterocycles. The van der Waals surface area contributed by atoms with Gasteiger partial charge in [-0.15, -0.1) is 0 Å². The second kappa shape index (κ2) is 9.20. The van der Waals surface area contributed by atoms with Gasteiger partial charge in [0.2, 0.25) is 5.91 Å². The van der Waals surface area contributed by atoms with Crippen molar-refractivity contribution in [3.05, 3.63) is 76.2 Å². The topological polar surface area (TPSA) is 119 Å². The molecule has 4 rings (SSSR count). The number of benzene rings is 2. The third-order valence-electron chi connectivity index (χ3n) is 4.55. The van der Waals surface area contributed by atoms with E-state index in [1.165, 1.54) is 25.4 Å². The van der Waals surface area contributed by atoms with Gasteiger partial charge in [0.05, 0.1) is 36.0 Å². The van der Waals surface area contributed by atoms with Crippen molar-refractivity contribution < 1.29 is 23.1 Å². The van der Waals surface area contributed by atoms with Crippen molar-refractivity contribution in [1.82, 2.24) is 19.7 Å². The number of fused-ring (bicyclic) bond motifs is 1. The molecule has 0 bridgehead atoms. The molecule has 4 aromatic rings. The first-order chi connectivity index (χ1) is 15.9. The van der Waals surface area contributed by atoms with Crippen LogP contribution in [0.5, 0.6) is 0 Å². The van der Waals surface area contributed by atoms with Gasteiger partial charge in [-0.05, 0) is 24.3 Å². The predicted octanol–water partition coefficient (Wildman–Crippen LogP) is 2.90. The van der Waals surface area contributed by atoms with Crippen LogP contribution in [0.25, 0.3) is 16.7 Å². The summed E-state index contributed by atoms with van der Waals surface area (Å²) in [5.74, 6) is -3.52. The van der Waals surface area contributed by atoms with Gasteiger partial charge < -0.3 is 10.1 Å². The van der Waals surface area contributed by atoms with E-state index in [0.717, 1.165) is 28.5 Å². The molecule has 12 heteroatoms. The van der Waals surface area contributed by atoms with E-state index in [0.29, 0.717) is 0 Å². The maximum Gasteiger partial charge on any atom is 0.339 e. The Balaban J connectivity index is 1.64. The van der Waals surface area contributed by atoms with E-state index in [2.05, 4.69) is 20.5 Å². The summed E-state index contributed by atoms with van der Waals surface area (Å²) in [6.07, 6.45) is 1.27. The minimum absolute atomic E-state index is 0.0356.